The van der Waals surface area contributed by atoms with Gasteiger partial charge in [-0.25, -0.2) is 4.98 Å². The Bertz CT molecular complexity index is 413. The maximum atomic E-state index is 12.8. The standard InChI is InChI=1S/C11H14FN3O2/c1-13-8-6-17-5-7(8)11(16)15-10-4-2-3-9(12)14-10/h2-4,7-8,13H,5-6H2,1H3,(H,14,15,16). The molecule has 17 heavy (non-hydrogen) atoms. The van der Waals surface area contributed by atoms with E-state index in [1.807, 2.05) is 0 Å². The molecule has 92 valence electrons. The van der Waals surface area contributed by atoms with E-state index in [0.717, 1.165) is 0 Å². The summed E-state index contributed by atoms with van der Waals surface area (Å²) < 4.78 is 18.1. The van der Waals surface area contributed by atoms with Gasteiger partial charge in [0.2, 0.25) is 11.9 Å². The molecular weight excluding hydrogens is 225 g/mol. The number of anilines is 1. The van der Waals surface area contributed by atoms with Crippen LogP contribution >= 0.6 is 0 Å². The van der Waals surface area contributed by atoms with Crippen LogP contribution in [0, 0.1) is 11.9 Å². The van der Waals surface area contributed by atoms with Crippen molar-refractivity contribution in [1.29, 1.82) is 0 Å². The molecule has 2 unspecified atom stereocenters. The van der Waals surface area contributed by atoms with E-state index in [1.165, 1.54) is 12.1 Å². The quantitative estimate of drug-likeness (QED) is 0.749. The molecule has 2 N–H and O–H groups in total. The van der Waals surface area contributed by atoms with Crippen molar-refractivity contribution in [2.45, 2.75) is 6.04 Å². The Morgan fingerprint density at radius 3 is 3.06 bits per heavy atom. The summed E-state index contributed by atoms with van der Waals surface area (Å²) in [5.41, 5.74) is 0. The van der Waals surface area contributed by atoms with E-state index in [2.05, 4.69) is 15.6 Å². The van der Waals surface area contributed by atoms with Crippen LogP contribution in [0.5, 0.6) is 0 Å². The molecule has 1 aromatic rings. The highest BCUT2D eigenvalue weighted by Gasteiger charge is 2.33. The number of ether oxygens (including phenoxy) is 1. The number of rotatable bonds is 3. The van der Waals surface area contributed by atoms with Gasteiger partial charge in [0.05, 0.1) is 19.1 Å². The Labute approximate surface area is 98.4 Å². The highest BCUT2D eigenvalue weighted by atomic mass is 19.1. The molecule has 2 rings (SSSR count). The van der Waals surface area contributed by atoms with Crippen molar-refractivity contribution in [3.63, 3.8) is 0 Å². The average Bonchev–Trinajstić information content (AvgIpc) is 2.77. The summed E-state index contributed by atoms with van der Waals surface area (Å²) in [6.07, 6.45) is 0. The minimum atomic E-state index is -0.615. The monoisotopic (exact) mass is 239 g/mol. The lowest BCUT2D eigenvalue weighted by Gasteiger charge is -2.15. The van der Waals surface area contributed by atoms with Crippen molar-refractivity contribution < 1.29 is 13.9 Å². The molecule has 1 aromatic heterocycles. The maximum absolute atomic E-state index is 12.8. The molecule has 0 spiro atoms. The molecule has 0 radical (unpaired) electrons. The minimum Gasteiger partial charge on any atom is -0.379 e. The van der Waals surface area contributed by atoms with Gasteiger partial charge in [-0.05, 0) is 19.2 Å². The van der Waals surface area contributed by atoms with Gasteiger partial charge >= 0.3 is 0 Å². The smallest absolute Gasteiger partial charge is 0.232 e. The van der Waals surface area contributed by atoms with Gasteiger partial charge in [-0.3, -0.25) is 4.79 Å². The number of nitrogens with one attached hydrogen (secondary N) is 2. The zero-order valence-electron chi connectivity index (χ0n) is 9.44. The van der Waals surface area contributed by atoms with Gasteiger partial charge in [0.1, 0.15) is 5.82 Å². The number of carbonyl (C=O) groups is 1. The highest BCUT2D eigenvalue weighted by Crippen LogP contribution is 2.15. The minimum absolute atomic E-state index is 0.0106. The number of aromatic nitrogens is 1. The second kappa shape index (κ2) is 5.20. The number of nitrogens with zero attached hydrogens (tertiary/aromatic N) is 1. The third kappa shape index (κ3) is 2.78. The Morgan fingerprint density at radius 1 is 1.53 bits per heavy atom. The lowest BCUT2D eigenvalue weighted by Crippen LogP contribution is -2.39. The van der Waals surface area contributed by atoms with Gasteiger partial charge in [-0.2, -0.15) is 4.39 Å². The number of halogens is 1. The number of hydrogen-bond acceptors (Lipinski definition) is 4. The van der Waals surface area contributed by atoms with Crippen LogP contribution < -0.4 is 10.6 Å². The molecule has 0 aromatic carbocycles. The van der Waals surface area contributed by atoms with E-state index < -0.39 is 5.95 Å². The second-order valence-electron chi connectivity index (χ2n) is 3.87. The summed E-state index contributed by atoms with van der Waals surface area (Å²) >= 11 is 0. The predicted octanol–water partition coefficient (Wildman–Crippen LogP) is 0.394. The first-order valence-electron chi connectivity index (χ1n) is 5.39. The molecule has 6 heteroatoms. The Balaban J connectivity index is 2.01. The molecule has 2 heterocycles. The molecule has 0 bridgehead atoms. The first-order chi connectivity index (χ1) is 8.20. The molecule has 0 saturated carbocycles. The van der Waals surface area contributed by atoms with Crippen LogP contribution in [-0.2, 0) is 9.53 Å². The normalized spacial score (nSPS) is 23.6. The largest absolute Gasteiger partial charge is 0.379 e. The summed E-state index contributed by atoms with van der Waals surface area (Å²) in [6, 6.07) is 4.26. The van der Waals surface area contributed by atoms with E-state index in [0.29, 0.717) is 13.2 Å². The summed E-state index contributed by atoms with van der Waals surface area (Å²) in [5.74, 6) is -0.877. The maximum Gasteiger partial charge on any atom is 0.232 e. The van der Waals surface area contributed by atoms with Crippen molar-refractivity contribution >= 4 is 11.7 Å². The fourth-order valence-electron chi connectivity index (χ4n) is 1.79. The van der Waals surface area contributed by atoms with Crippen molar-refractivity contribution in [1.82, 2.24) is 10.3 Å². The Hall–Kier alpha value is -1.53. The van der Waals surface area contributed by atoms with Crippen LogP contribution in [0.3, 0.4) is 0 Å². The van der Waals surface area contributed by atoms with E-state index in [4.69, 9.17) is 4.74 Å². The highest BCUT2D eigenvalue weighted by molar-refractivity contribution is 5.92. The second-order valence-corrected chi connectivity index (χ2v) is 3.87. The van der Waals surface area contributed by atoms with E-state index in [-0.39, 0.29) is 23.7 Å². The molecule has 1 aliphatic rings. The van der Waals surface area contributed by atoms with E-state index in [1.54, 1.807) is 13.1 Å². The molecule has 1 amide bonds. The molecule has 1 saturated heterocycles. The zero-order valence-corrected chi connectivity index (χ0v) is 9.44. The number of carbonyl (C=O) groups excluding carboxylic acids is 1. The average molecular weight is 239 g/mol. The van der Waals surface area contributed by atoms with Crippen LogP contribution in [0.25, 0.3) is 0 Å². The van der Waals surface area contributed by atoms with Gasteiger partial charge in [0, 0.05) is 6.04 Å². The molecule has 5 nitrogen and oxygen atoms in total. The zero-order chi connectivity index (χ0) is 12.3. The number of likely N-dealkylation sites (N-methyl/N-ethyl adjacent to an activating group) is 1. The van der Waals surface area contributed by atoms with E-state index in [9.17, 15) is 9.18 Å². The van der Waals surface area contributed by atoms with Crippen molar-refractivity contribution in [3.8, 4) is 0 Å². The predicted molar refractivity (Wildman–Crippen MR) is 60.0 cm³/mol. The Morgan fingerprint density at radius 2 is 2.35 bits per heavy atom. The summed E-state index contributed by atoms with van der Waals surface area (Å²) in [6.45, 7) is 0.873. The van der Waals surface area contributed by atoms with Crippen LogP contribution in [0.1, 0.15) is 0 Å². The number of hydrogen-bond donors (Lipinski definition) is 2. The SMILES string of the molecule is CNC1COCC1C(=O)Nc1cccc(F)n1. The van der Waals surface area contributed by atoms with Crippen molar-refractivity contribution in [2.75, 3.05) is 25.6 Å². The summed E-state index contributed by atoms with van der Waals surface area (Å²) in [5, 5.41) is 5.59. The lowest BCUT2D eigenvalue weighted by molar-refractivity contribution is -0.120. The first kappa shape index (κ1) is 11.9. The molecule has 2 atom stereocenters. The molecule has 0 aliphatic carbocycles. The van der Waals surface area contributed by atoms with Crippen molar-refractivity contribution in [3.05, 3.63) is 24.1 Å². The van der Waals surface area contributed by atoms with Gasteiger partial charge in [0.25, 0.3) is 0 Å². The summed E-state index contributed by atoms with van der Waals surface area (Å²) in [4.78, 5) is 15.5. The first-order valence-corrected chi connectivity index (χ1v) is 5.39. The van der Waals surface area contributed by atoms with Crippen molar-refractivity contribution in [2.24, 2.45) is 5.92 Å². The fraction of sp³-hybridized carbons (Fsp3) is 0.455. The van der Waals surface area contributed by atoms with Crippen LogP contribution in [0.4, 0.5) is 10.2 Å². The number of pyridine rings is 1. The third-order valence-corrected chi connectivity index (χ3v) is 2.75. The summed E-state index contributed by atoms with van der Waals surface area (Å²) in [7, 11) is 1.78. The topological polar surface area (TPSA) is 63.2 Å². The van der Waals surface area contributed by atoms with Gasteiger partial charge in [0.15, 0.2) is 0 Å². The fourth-order valence-corrected chi connectivity index (χ4v) is 1.79. The van der Waals surface area contributed by atoms with Gasteiger partial charge in [-0.1, -0.05) is 6.07 Å². The molecule has 1 fully saturated rings. The van der Waals surface area contributed by atoms with Gasteiger partial charge in [-0.15, -0.1) is 0 Å². The third-order valence-electron chi connectivity index (χ3n) is 2.75. The van der Waals surface area contributed by atoms with Crippen LogP contribution in [-0.4, -0.2) is 37.2 Å². The van der Waals surface area contributed by atoms with E-state index >= 15 is 0 Å². The van der Waals surface area contributed by atoms with Crippen LogP contribution in [0.15, 0.2) is 18.2 Å². The van der Waals surface area contributed by atoms with Crippen LogP contribution in [0.2, 0.25) is 0 Å². The number of amides is 1. The molecule has 1 aliphatic heterocycles. The Kier molecular flexibility index (Phi) is 3.65. The van der Waals surface area contributed by atoms with Gasteiger partial charge < -0.3 is 15.4 Å². The molecular formula is C11H14FN3O2. The lowest BCUT2D eigenvalue weighted by atomic mass is 10.0.